The van der Waals surface area contributed by atoms with Crippen molar-refractivity contribution in [3.63, 3.8) is 0 Å². The molecule has 35 heavy (non-hydrogen) atoms. The molecule has 1 aliphatic rings. The third-order valence-electron chi connectivity index (χ3n) is 4.94. The number of hydrazone groups is 1. The maximum atomic E-state index is 14.5. The zero-order valence-electron chi connectivity index (χ0n) is 18.0. The molecule has 0 bridgehead atoms. The summed E-state index contributed by atoms with van der Waals surface area (Å²) in [5, 5.41) is 14.1. The van der Waals surface area contributed by atoms with Gasteiger partial charge in [0.1, 0.15) is 39.5 Å². The number of hydrogen-bond acceptors (Lipinski definition) is 6. The summed E-state index contributed by atoms with van der Waals surface area (Å²) in [6.07, 6.45) is 0. The molecule has 0 aliphatic carbocycles. The van der Waals surface area contributed by atoms with Gasteiger partial charge in [0.25, 0.3) is 5.91 Å². The van der Waals surface area contributed by atoms with Gasteiger partial charge in [0, 0.05) is 28.3 Å². The van der Waals surface area contributed by atoms with Crippen LogP contribution in [0.15, 0.2) is 59.7 Å². The van der Waals surface area contributed by atoms with Gasteiger partial charge in [-0.3, -0.25) is 4.79 Å². The smallest absolute Gasteiger partial charge is 0.281 e. The Morgan fingerprint density at radius 2 is 1.86 bits per heavy atom. The van der Waals surface area contributed by atoms with Gasteiger partial charge in [0.2, 0.25) is 0 Å². The van der Waals surface area contributed by atoms with Gasteiger partial charge in [-0.25, -0.2) is 18.2 Å². The van der Waals surface area contributed by atoms with Gasteiger partial charge < -0.3 is 9.47 Å². The standard InChI is InChI=1S/C24H15ClF3N3O3S/c1-33-19-4-2-3-16(21(19)34-10-9-29)24-31(23(32)20-17(27)11-15(26)12-18(20)28)30-22(35-24)13-5-7-14(25)8-6-13/h2-8,11-12,24H,10H2,1H3/t24-/m1/s1. The van der Waals surface area contributed by atoms with E-state index >= 15 is 0 Å². The van der Waals surface area contributed by atoms with Gasteiger partial charge in [-0.2, -0.15) is 10.4 Å². The van der Waals surface area contributed by atoms with Gasteiger partial charge in [-0.05, 0) is 18.2 Å². The number of ether oxygens (including phenoxy) is 2. The summed E-state index contributed by atoms with van der Waals surface area (Å²) < 4.78 is 53.4. The van der Waals surface area contributed by atoms with E-state index in [1.165, 1.54) is 7.11 Å². The first-order chi connectivity index (χ1) is 16.8. The van der Waals surface area contributed by atoms with Gasteiger partial charge in [-0.15, -0.1) is 0 Å². The molecule has 1 aliphatic heterocycles. The van der Waals surface area contributed by atoms with Crippen LogP contribution in [0.25, 0.3) is 0 Å². The van der Waals surface area contributed by atoms with E-state index in [-0.39, 0.29) is 18.1 Å². The highest BCUT2D eigenvalue weighted by atomic mass is 35.5. The average Bonchev–Trinajstić information content (AvgIpc) is 3.27. The fourth-order valence-electron chi connectivity index (χ4n) is 3.40. The van der Waals surface area contributed by atoms with Crippen LogP contribution in [-0.2, 0) is 0 Å². The minimum atomic E-state index is -1.36. The summed E-state index contributed by atoms with van der Waals surface area (Å²) in [5.74, 6) is -4.56. The molecule has 0 N–H and O–H groups in total. The number of carbonyl (C=O) groups is 1. The fraction of sp³-hybridized carbons (Fsp3) is 0.125. The molecule has 0 fully saturated rings. The Labute approximate surface area is 207 Å². The molecule has 1 heterocycles. The first kappa shape index (κ1) is 24.4. The average molecular weight is 518 g/mol. The van der Waals surface area contributed by atoms with Crippen LogP contribution in [0.2, 0.25) is 5.02 Å². The second kappa shape index (κ2) is 10.3. The van der Waals surface area contributed by atoms with Crippen molar-refractivity contribution >= 4 is 34.3 Å². The zero-order chi connectivity index (χ0) is 25.1. The first-order valence-corrected chi connectivity index (χ1v) is 11.3. The lowest BCUT2D eigenvalue weighted by Gasteiger charge is -2.24. The number of nitriles is 1. The molecular formula is C24H15ClF3N3O3S. The number of methoxy groups -OCH3 is 1. The van der Waals surface area contributed by atoms with E-state index in [0.29, 0.717) is 33.3 Å². The van der Waals surface area contributed by atoms with Crippen LogP contribution in [0, 0.1) is 28.8 Å². The van der Waals surface area contributed by atoms with Crippen LogP contribution in [0.5, 0.6) is 11.5 Å². The van der Waals surface area contributed by atoms with Crippen molar-refractivity contribution in [3.05, 3.63) is 93.8 Å². The molecule has 6 nitrogen and oxygen atoms in total. The van der Waals surface area contributed by atoms with E-state index in [1.54, 1.807) is 42.5 Å². The first-order valence-electron chi connectivity index (χ1n) is 10.00. The molecule has 1 atom stereocenters. The molecule has 3 aromatic rings. The normalized spacial score (nSPS) is 14.9. The van der Waals surface area contributed by atoms with Gasteiger partial charge in [0.05, 0.1) is 7.11 Å². The molecular weight excluding hydrogens is 503 g/mol. The van der Waals surface area contributed by atoms with Crippen LogP contribution >= 0.6 is 23.4 Å². The number of hydrogen-bond donors (Lipinski definition) is 0. The lowest BCUT2D eigenvalue weighted by molar-refractivity contribution is 0.0737. The molecule has 3 aromatic carbocycles. The van der Waals surface area contributed by atoms with E-state index in [1.807, 2.05) is 6.07 Å². The van der Waals surface area contributed by atoms with E-state index in [0.717, 1.165) is 16.8 Å². The molecule has 1 amide bonds. The number of halogens is 4. The van der Waals surface area contributed by atoms with Crippen LogP contribution < -0.4 is 9.47 Å². The number of benzene rings is 3. The predicted molar refractivity (Wildman–Crippen MR) is 125 cm³/mol. The second-order valence-electron chi connectivity index (χ2n) is 7.10. The van der Waals surface area contributed by atoms with Crippen LogP contribution in [-0.4, -0.2) is 29.7 Å². The molecule has 0 radical (unpaired) electrons. The summed E-state index contributed by atoms with van der Waals surface area (Å²) in [4.78, 5) is 13.4. The SMILES string of the molecule is COc1cccc([C@H]2SC(c3ccc(Cl)cc3)=NN2C(=O)c2c(F)cc(F)cc2F)c1OCC#N. The minimum Gasteiger partial charge on any atom is -0.493 e. The van der Waals surface area contributed by atoms with Crippen molar-refractivity contribution in [2.45, 2.75) is 5.37 Å². The summed E-state index contributed by atoms with van der Waals surface area (Å²) >= 11 is 7.08. The monoisotopic (exact) mass is 517 g/mol. The second-order valence-corrected chi connectivity index (χ2v) is 8.61. The fourth-order valence-corrected chi connectivity index (χ4v) is 4.70. The maximum Gasteiger partial charge on any atom is 0.281 e. The third kappa shape index (κ3) is 4.92. The Balaban J connectivity index is 1.84. The molecule has 178 valence electrons. The number of para-hydroxylation sites is 1. The predicted octanol–water partition coefficient (Wildman–Crippen LogP) is 5.92. The van der Waals surface area contributed by atoms with Crippen molar-refractivity contribution < 1.29 is 27.4 Å². The van der Waals surface area contributed by atoms with Gasteiger partial charge >= 0.3 is 0 Å². The molecule has 4 rings (SSSR count). The highest BCUT2D eigenvalue weighted by Gasteiger charge is 2.39. The zero-order valence-corrected chi connectivity index (χ0v) is 19.5. The Hall–Kier alpha value is -3.68. The molecule has 0 spiro atoms. The Bertz CT molecular complexity index is 1340. The highest BCUT2D eigenvalue weighted by molar-refractivity contribution is 8.14. The van der Waals surface area contributed by atoms with Crippen molar-refractivity contribution in [1.82, 2.24) is 5.01 Å². The number of amides is 1. The van der Waals surface area contributed by atoms with Crippen LogP contribution in [0.3, 0.4) is 0 Å². The van der Waals surface area contributed by atoms with Crippen molar-refractivity contribution in [1.29, 1.82) is 5.26 Å². The van der Waals surface area contributed by atoms with E-state index < -0.39 is 34.3 Å². The minimum absolute atomic E-state index is 0.166. The lowest BCUT2D eigenvalue weighted by atomic mass is 10.1. The van der Waals surface area contributed by atoms with Crippen LogP contribution in [0.4, 0.5) is 13.2 Å². The molecule has 11 heteroatoms. The summed E-state index contributed by atoms with van der Waals surface area (Å²) in [5.41, 5.74) is 0.0104. The molecule has 0 unspecified atom stereocenters. The number of thioether (sulfide) groups is 1. The number of carbonyl (C=O) groups excluding carboxylic acids is 1. The molecule has 0 saturated heterocycles. The van der Waals surface area contributed by atoms with E-state index in [4.69, 9.17) is 26.3 Å². The molecule has 0 saturated carbocycles. The Kier molecular flexibility index (Phi) is 7.19. The quantitative estimate of drug-likeness (QED) is 0.406. The summed E-state index contributed by atoms with van der Waals surface area (Å²) in [7, 11) is 1.40. The van der Waals surface area contributed by atoms with E-state index in [2.05, 4.69) is 5.10 Å². The maximum absolute atomic E-state index is 14.5. The number of nitrogens with zero attached hydrogens (tertiary/aromatic N) is 3. The Morgan fingerprint density at radius 1 is 1.17 bits per heavy atom. The molecule has 0 aromatic heterocycles. The van der Waals surface area contributed by atoms with Crippen molar-refractivity contribution in [2.24, 2.45) is 5.10 Å². The highest BCUT2D eigenvalue weighted by Crippen LogP contribution is 2.47. The third-order valence-corrected chi connectivity index (χ3v) is 6.41. The number of rotatable bonds is 6. The van der Waals surface area contributed by atoms with E-state index in [9.17, 15) is 18.0 Å². The Morgan fingerprint density at radius 3 is 2.49 bits per heavy atom. The summed E-state index contributed by atoms with van der Waals surface area (Å²) in [6, 6.07) is 14.2. The van der Waals surface area contributed by atoms with Crippen molar-refractivity contribution in [3.8, 4) is 17.6 Å². The summed E-state index contributed by atoms with van der Waals surface area (Å²) in [6.45, 7) is -0.315. The van der Waals surface area contributed by atoms with Crippen molar-refractivity contribution in [2.75, 3.05) is 13.7 Å². The lowest BCUT2D eigenvalue weighted by Crippen LogP contribution is -2.28. The topological polar surface area (TPSA) is 74.9 Å². The van der Waals surface area contributed by atoms with Gasteiger partial charge in [0.15, 0.2) is 18.1 Å². The largest absolute Gasteiger partial charge is 0.493 e. The van der Waals surface area contributed by atoms with Gasteiger partial charge in [-0.1, -0.05) is 47.6 Å². The van der Waals surface area contributed by atoms with Crippen LogP contribution in [0.1, 0.15) is 26.9 Å².